The van der Waals surface area contributed by atoms with E-state index in [1.165, 1.54) is 7.11 Å². The lowest BCUT2D eigenvalue weighted by Crippen LogP contribution is -2.05. The third kappa shape index (κ3) is 3.08. The van der Waals surface area contributed by atoms with Crippen LogP contribution in [-0.2, 0) is 9.57 Å². The molecule has 0 amide bonds. The minimum absolute atomic E-state index is 0.310. The Morgan fingerprint density at radius 1 is 1.25 bits per heavy atom. The number of ether oxygens (including phenoxy) is 1. The smallest absolute Gasteiger partial charge is 0.338 e. The number of esters is 1. The first-order valence-electron chi connectivity index (χ1n) is 5.04. The molecular formula is C12H15NO3. The largest absolute Gasteiger partial charge is 0.462 e. The van der Waals surface area contributed by atoms with Gasteiger partial charge < -0.3 is 9.57 Å². The Hall–Kier alpha value is -1.84. The second-order valence-electron chi connectivity index (χ2n) is 3.16. The predicted molar refractivity (Wildman–Crippen MR) is 61.6 cm³/mol. The molecule has 1 rings (SSSR count). The average Bonchev–Trinajstić information content (AvgIpc) is 2.30. The van der Waals surface area contributed by atoms with Crippen LogP contribution in [0.3, 0.4) is 0 Å². The van der Waals surface area contributed by atoms with Crippen molar-refractivity contribution < 1.29 is 14.4 Å². The summed E-state index contributed by atoms with van der Waals surface area (Å²) in [5.74, 6) is -0.310. The quantitative estimate of drug-likeness (QED) is 0.445. The molecule has 0 radical (unpaired) electrons. The zero-order valence-electron chi connectivity index (χ0n) is 9.69. The highest BCUT2D eigenvalue weighted by atomic mass is 16.6. The molecule has 0 unspecified atom stereocenters. The van der Waals surface area contributed by atoms with Gasteiger partial charge in [0, 0.05) is 0 Å². The Balaban J connectivity index is 2.83. The van der Waals surface area contributed by atoms with Crippen molar-refractivity contribution in [3.63, 3.8) is 0 Å². The van der Waals surface area contributed by atoms with Gasteiger partial charge in [0.05, 0.1) is 17.9 Å². The van der Waals surface area contributed by atoms with E-state index < -0.39 is 0 Å². The summed E-state index contributed by atoms with van der Waals surface area (Å²) in [5.41, 5.74) is 2.21. The molecule has 1 aromatic rings. The van der Waals surface area contributed by atoms with Crippen molar-refractivity contribution in [1.82, 2.24) is 0 Å². The Morgan fingerprint density at radius 3 is 2.31 bits per heavy atom. The molecule has 0 bridgehead atoms. The van der Waals surface area contributed by atoms with E-state index in [1.807, 2.05) is 19.1 Å². The van der Waals surface area contributed by atoms with Gasteiger partial charge in [-0.1, -0.05) is 17.3 Å². The highest BCUT2D eigenvalue weighted by molar-refractivity contribution is 5.99. The summed E-state index contributed by atoms with van der Waals surface area (Å²) in [6, 6.07) is 7.04. The van der Waals surface area contributed by atoms with E-state index in [2.05, 4.69) is 9.99 Å². The maximum Gasteiger partial charge on any atom is 0.338 e. The number of oxime groups is 1. The molecule has 0 aliphatic carbocycles. The van der Waals surface area contributed by atoms with Crippen LogP contribution < -0.4 is 0 Å². The Labute approximate surface area is 94.9 Å². The van der Waals surface area contributed by atoms with Crippen LogP contribution in [0.5, 0.6) is 0 Å². The maximum atomic E-state index is 11.4. The van der Waals surface area contributed by atoms with Gasteiger partial charge in [-0.05, 0) is 31.5 Å². The molecule has 4 heteroatoms. The summed E-state index contributed by atoms with van der Waals surface area (Å²) in [6.07, 6.45) is 0. The zero-order valence-corrected chi connectivity index (χ0v) is 9.69. The molecule has 1 aromatic carbocycles. The highest BCUT2D eigenvalue weighted by Crippen LogP contribution is 2.07. The van der Waals surface area contributed by atoms with Crippen molar-refractivity contribution in [3.8, 4) is 0 Å². The van der Waals surface area contributed by atoms with Crippen LogP contribution in [0.4, 0.5) is 0 Å². The van der Waals surface area contributed by atoms with E-state index in [1.54, 1.807) is 19.1 Å². The van der Waals surface area contributed by atoms with E-state index in [-0.39, 0.29) is 5.97 Å². The fourth-order valence-corrected chi connectivity index (χ4v) is 1.25. The molecule has 0 saturated heterocycles. The minimum Gasteiger partial charge on any atom is -0.462 e. The van der Waals surface area contributed by atoms with E-state index in [0.29, 0.717) is 12.2 Å². The molecule has 0 fully saturated rings. The third-order valence-corrected chi connectivity index (χ3v) is 2.04. The van der Waals surface area contributed by atoms with Gasteiger partial charge in [-0.3, -0.25) is 0 Å². The highest BCUT2D eigenvalue weighted by Gasteiger charge is 2.06. The molecule has 0 aromatic heterocycles. The van der Waals surface area contributed by atoms with E-state index >= 15 is 0 Å². The fraction of sp³-hybridized carbons (Fsp3) is 0.333. The molecule has 0 spiro atoms. The number of benzene rings is 1. The molecule has 0 aliphatic heterocycles. The summed E-state index contributed by atoms with van der Waals surface area (Å²) < 4.78 is 4.88. The minimum atomic E-state index is -0.310. The lowest BCUT2D eigenvalue weighted by molar-refractivity contribution is 0.0526. The van der Waals surface area contributed by atoms with E-state index in [4.69, 9.17) is 4.74 Å². The number of hydrogen-bond donors (Lipinski definition) is 0. The fourth-order valence-electron chi connectivity index (χ4n) is 1.25. The van der Waals surface area contributed by atoms with Crippen LogP contribution >= 0.6 is 0 Å². The molecule has 0 atom stereocenters. The van der Waals surface area contributed by atoms with Crippen LogP contribution in [0.15, 0.2) is 29.4 Å². The summed E-state index contributed by atoms with van der Waals surface area (Å²) in [5, 5.41) is 3.81. The molecular weight excluding hydrogens is 206 g/mol. The summed E-state index contributed by atoms with van der Waals surface area (Å²) in [7, 11) is 1.50. The normalized spacial score (nSPS) is 11.1. The van der Waals surface area contributed by atoms with Crippen molar-refractivity contribution in [3.05, 3.63) is 35.4 Å². The van der Waals surface area contributed by atoms with E-state index in [0.717, 1.165) is 11.3 Å². The van der Waals surface area contributed by atoms with Gasteiger partial charge in [-0.25, -0.2) is 4.79 Å². The van der Waals surface area contributed by atoms with Gasteiger partial charge in [-0.15, -0.1) is 0 Å². The first-order chi connectivity index (χ1) is 7.69. The number of nitrogens with zero attached hydrogens (tertiary/aromatic N) is 1. The van der Waals surface area contributed by atoms with Gasteiger partial charge in [0.1, 0.15) is 7.11 Å². The standard InChI is InChI=1S/C12H15NO3/c1-4-16-12(14)11-7-5-10(6-8-11)9(2)13-15-3/h5-8H,4H2,1-3H3/b13-9+. The second-order valence-corrected chi connectivity index (χ2v) is 3.16. The Morgan fingerprint density at radius 2 is 1.81 bits per heavy atom. The first kappa shape index (κ1) is 12.2. The number of hydrogen-bond acceptors (Lipinski definition) is 4. The SMILES string of the molecule is CCOC(=O)c1ccc(/C(C)=N/OC)cc1. The van der Waals surface area contributed by atoms with Crippen LogP contribution in [0.1, 0.15) is 29.8 Å². The monoisotopic (exact) mass is 221 g/mol. The number of carbonyl (C=O) groups is 1. The lowest BCUT2D eigenvalue weighted by atomic mass is 10.1. The summed E-state index contributed by atoms with van der Waals surface area (Å²) >= 11 is 0. The molecule has 16 heavy (non-hydrogen) atoms. The third-order valence-electron chi connectivity index (χ3n) is 2.04. The van der Waals surface area contributed by atoms with Crippen LogP contribution in [0.25, 0.3) is 0 Å². The maximum absolute atomic E-state index is 11.4. The first-order valence-corrected chi connectivity index (χ1v) is 5.04. The molecule has 0 aliphatic rings. The van der Waals surface area contributed by atoms with Crippen LogP contribution in [0.2, 0.25) is 0 Å². The summed E-state index contributed by atoms with van der Waals surface area (Å²) in [6.45, 7) is 4.00. The summed E-state index contributed by atoms with van der Waals surface area (Å²) in [4.78, 5) is 16.0. The van der Waals surface area contributed by atoms with Crippen molar-refractivity contribution in [2.45, 2.75) is 13.8 Å². The van der Waals surface area contributed by atoms with Crippen molar-refractivity contribution >= 4 is 11.7 Å². The molecule has 86 valence electrons. The predicted octanol–water partition coefficient (Wildman–Crippen LogP) is 2.23. The van der Waals surface area contributed by atoms with Gasteiger partial charge in [-0.2, -0.15) is 0 Å². The van der Waals surface area contributed by atoms with Gasteiger partial charge in [0.25, 0.3) is 0 Å². The van der Waals surface area contributed by atoms with Crippen molar-refractivity contribution in [2.24, 2.45) is 5.16 Å². The van der Waals surface area contributed by atoms with Crippen LogP contribution in [-0.4, -0.2) is 25.4 Å². The molecule has 0 saturated carbocycles. The van der Waals surface area contributed by atoms with Crippen LogP contribution in [0, 0.1) is 0 Å². The van der Waals surface area contributed by atoms with Gasteiger partial charge in [0.2, 0.25) is 0 Å². The number of carbonyl (C=O) groups excluding carboxylic acids is 1. The topological polar surface area (TPSA) is 47.9 Å². The average molecular weight is 221 g/mol. The van der Waals surface area contributed by atoms with Gasteiger partial charge in [0.15, 0.2) is 0 Å². The Kier molecular flexibility index (Phi) is 4.51. The second kappa shape index (κ2) is 5.90. The lowest BCUT2D eigenvalue weighted by Gasteiger charge is -2.03. The zero-order chi connectivity index (χ0) is 12.0. The van der Waals surface area contributed by atoms with Gasteiger partial charge >= 0.3 is 5.97 Å². The molecule has 0 heterocycles. The number of rotatable bonds is 4. The van der Waals surface area contributed by atoms with E-state index in [9.17, 15) is 4.79 Å². The Bertz CT molecular complexity index is 382. The van der Waals surface area contributed by atoms with Crippen molar-refractivity contribution in [1.29, 1.82) is 0 Å². The molecule has 0 N–H and O–H groups in total. The van der Waals surface area contributed by atoms with Crippen molar-refractivity contribution in [2.75, 3.05) is 13.7 Å². The molecule has 4 nitrogen and oxygen atoms in total.